The van der Waals surface area contributed by atoms with Crippen LogP contribution >= 0.6 is 11.6 Å². The molecule has 94 valence electrons. The second-order valence-electron chi connectivity index (χ2n) is 4.47. The third-order valence-electron chi connectivity index (χ3n) is 3.32. The topological polar surface area (TPSA) is 51.0 Å². The number of halogens is 1. The van der Waals surface area contributed by atoms with Gasteiger partial charge in [0.25, 0.3) is 0 Å². The van der Waals surface area contributed by atoms with E-state index < -0.39 is 0 Å². The molecule has 0 bridgehead atoms. The largest absolute Gasteiger partial charge is 0.340 e. The molecule has 2 aromatic rings. The van der Waals surface area contributed by atoms with E-state index in [1.54, 1.807) is 0 Å². The van der Waals surface area contributed by atoms with Crippen LogP contribution in [0.15, 0.2) is 29.0 Å². The molecule has 0 fully saturated rings. The van der Waals surface area contributed by atoms with Crippen LogP contribution in [0.2, 0.25) is 5.02 Å². The fraction of sp³-hybridized carbons (Fsp3) is 0.385. The van der Waals surface area contributed by atoms with Crippen LogP contribution in [-0.4, -0.2) is 16.7 Å². The van der Waals surface area contributed by atoms with Crippen molar-refractivity contribution in [2.75, 3.05) is 6.54 Å². The zero-order valence-corrected chi connectivity index (χ0v) is 10.7. The van der Waals surface area contributed by atoms with Crippen molar-refractivity contribution < 1.29 is 4.52 Å². The molecule has 1 aromatic heterocycles. The van der Waals surface area contributed by atoms with E-state index in [1.165, 1.54) is 17.5 Å². The lowest BCUT2D eigenvalue weighted by Gasteiger charge is -2.13. The summed E-state index contributed by atoms with van der Waals surface area (Å²) in [6.07, 6.45) is 4.41. The van der Waals surface area contributed by atoms with Crippen molar-refractivity contribution in [2.45, 2.75) is 25.3 Å². The molecule has 1 N–H and O–H groups in total. The van der Waals surface area contributed by atoms with Gasteiger partial charge in [-0.15, -0.1) is 0 Å². The molecule has 0 amide bonds. The lowest BCUT2D eigenvalue weighted by Crippen LogP contribution is -2.21. The summed E-state index contributed by atoms with van der Waals surface area (Å²) in [5.41, 5.74) is 2.72. The first kappa shape index (κ1) is 11.7. The van der Waals surface area contributed by atoms with E-state index in [0.717, 1.165) is 30.8 Å². The normalized spacial score (nSPS) is 17.9. The monoisotopic (exact) mass is 263 g/mol. The number of aromatic nitrogens is 2. The smallest absolute Gasteiger partial charge is 0.227 e. The fourth-order valence-corrected chi connectivity index (χ4v) is 2.65. The van der Waals surface area contributed by atoms with Crippen molar-refractivity contribution in [2.24, 2.45) is 0 Å². The Morgan fingerprint density at radius 3 is 3.22 bits per heavy atom. The van der Waals surface area contributed by atoms with Crippen LogP contribution < -0.4 is 5.32 Å². The van der Waals surface area contributed by atoms with E-state index in [9.17, 15) is 0 Å². The number of benzene rings is 1. The van der Waals surface area contributed by atoms with Gasteiger partial charge in [0.1, 0.15) is 0 Å². The number of nitrogens with zero attached hydrogens (tertiary/aromatic N) is 2. The number of rotatable bonds is 4. The highest BCUT2D eigenvalue weighted by molar-refractivity contribution is 6.30. The number of nitrogens with one attached hydrogen (secondary N) is 1. The highest BCUT2D eigenvalue weighted by atomic mass is 35.5. The molecule has 0 spiro atoms. The molecule has 5 heteroatoms. The number of hydrogen-bond acceptors (Lipinski definition) is 4. The first-order valence-corrected chi connectivity index (χ1v) is 6.48. The summed E-state index contributed by atoms with van der Waals surface area (Å²) in [5, 5.41) is 7.93. The maximum absolute atomic E-state index is 5.99. The number of fused-ring (bicyclic) bond motifs is 1. The molecule has 1 aromatic carbocycles. The predicted molar refractivity (Wildman–Crippen MR) is 68.5 cm³/mol. The van der Waals surface area contributed by atoms with E-state index in [-0.39, 0.29) is 0 Å². The minimum absolute atomic E-state index is 0.417. The average molecular weight is 264 g/mol. The first-order chi connectivity index (χ1) is 8.83. The molecule has 1 heterocycles. The predicted octanol–water partition coefficient (Wildman–Crippen LogP) is 2.54. The number of aryl methyl sites for hydroxylation is 1. The Labute approximate surface area is 110 Å². The van der Waals surface area contributed by atoms with E-state index in [2.05, 4.69) is 27.6 Å². The van der Waals surface area contributed by atoms with Gasteiger partial charge in [-0.1, -0.05) is 22.8 Å². The maximum Gasteiger partial charge on any atom is 0.227 e. The fourth-order valence-electron chi connectivity index (χ4n) is 2.46. The first-order valence-electron chi connectivity index (χ1n) is 6.10. The van der Waals surface area contributed by atoms with E-state index in [1.807, 2.05) is 6.07 Å². The molecule has 18 heavy (non-hydrogen) atoms. The Hall–Kier alpha value is -1.39. The summed E-state index contributed by atoms with van der Waals surface area (Å²) in [7, 11) is 0. The van der Waals surface area contributed by atoms with Gasteiger partial charge in [-0.3, -0.25) is 0 Å². The van der Waals surface area contributed by atoms with Crippen LogP contribution in [0.5, 0.6) is 0 Å². The molecule has 0 saturated heterocycles. The summed E-state index contributed by atoms with van der Waals surface area (Å²) in [6, 6.07) is 6.56. The zero-order valence-electron chi connectivity index (χ0n) is 9.90. The van der Waals surface area contributed by atoms with Gasteiger partial charge in [0.15, 0.2) is 6.33 Å². The van der Waals surface area contributed by atoms with Crippen molar-refractivity contribution in [1.29, 1.82) is 0 Å². The summed E-state index contributed by atoms with van der Waals surface area (Å²) in [6.45, 7) is 0.842. The van der Waals surface area contributed by atoms with Gasteiger partial charge >= 0.3 is 0 Å². The van der Waals surface area contributed by atoms with Crippen molar-refractivity contribution in [1.82, 2.24) is 15.5 Å². The highest BCUT2D eigenvalue weighted by Gasteiger charge is 2.21. The van der Waals surface area contributed by atoms with Crippen LogP contribution in [0.4, 0.5) is 0 Å². The summed E-state index contributed by atoms with van der Waals surface area (Å²) in [4.78, 5) is 4.00. The molecule has 3 rings (SSSR count). The van der Waals surface area contributed by atoms with Crippen molar-refractivity contribution >= 4 is 11.6 Å². The molecule has 1 aliphatic carbocycles. The van der Waals surface area contributed by atoms with E-state index >= 15 is 0 Å². The second-order valence-corrected chi connectivity index (χ2v) is 4.91. The summed E-state index contributed by atoms with van der Waals surface area (Å²) in [5.74, 6) is 0.678. The molecule has 0 radical (unpaired) electrons. The Morgan fingerprint density at radius 1 is 1.44 bits per heavy atom. The highest BCUT2D eigenvalue weighted by Crippen LogP contribution is 2.32. The Kier molecular flexibility index (Phi) is 3.30. The second kappa shape index (κ2) is 5.08. The lowest BCUT2D eigenvalue weighted by atomic mass is 10.1. The zero-order chi connectivity index (χ0) is 12.4. The molecule has 1 unspecified atom stereocenters. The standard InChI is InChI=1S/C13H14ClN3O/c14-10-2-3-11-9(7-10)1-4-12(11)15-6-5-13-16-8-17-18-13/h2-3,7-8,12,15H,1,4-6H2. The third kappa shape index (κ3) is 2.40. The van der Waals surface area contributed by atoms with Gasteiger partial charge in [-0.2, -0.15) is 4.98 Å². The maximum atomic E-state index is 5.99. The van der Waals surface area contributed by atoms with Gasteiger partial charge in [0.05, 0.1) is 0 Å². The van der Waals surface area contributed by atoms with E-state index in [0.29, 0.717) is 11.9 Å². The quantitative estimate of drug-likeness (QED) is 0.921. The van der Waals surface area contributed by atoms with Crippen LogP contribution in [-0.2, 0) is 12.8 Å². The van der Waals surface area contributed by atoms with Gasteiger partial charge in [0.2, 0.25) is 5.89 Å². The van der Waals surface area contributed by atoms with Crippen LogP contribution in [0.1, 0.15) is 29.5 Å². The third-order valence-corrected chi connectivity index (χ3v) is 3.55. The number of hydrogen-bond donors (Lipinski definition) is 1. The Bertz CT molecular complexity index is 527. The van der Waals surface area contributed by atoms with Gasteiger partial charge < -0.3 is 9.84 Å². The van der Waals surface area contributed by atoms with Crippen LogP contribution in [0.3, 0.4) is 0 Å². The summed E-state index contributed by atoms with van der Waals surface area (Å²) < 4.78 is 4.96. The minimum Gasteiger partial charge on any atom is -0.340 e. The lowest BCUT2D eigenvalue weighted by molar-refractivity contribution is 0.371. The average Bonchev–Trinajstić information content (AvgIpc) is 2.99. The molecule has 4 nitrogen and oxygen atoms in total. The van der Waals surface area contributed by atoms with Gasteiger partial charge in [0, 0.05) is 24.0 Å². The Morgan fingerprint density at radius 2 is 2.39 bits per heavy atom. The molecular weight excluding hydrogens is 250 g/mol. The molecular formula is C13H14ClN3O. The molecule has 0 aliphatic heterocycles. The van der Waals surface area contributed by atoms with E-state index in [4.69, 9.17) is 16.1 Å². The Balaban J connectivity index is 1.59. The minimum atomic E-state index is 0.417. The molecule has 0 saturated carbocycles. The van der Waals surface area contributed by atoms with Crippen LogP contribution in [0, 0.1) is 0 Å². The molecule has 1 atom stereocenters. The SMILES string of the molecule is Clc1ccc2c(c1)CCC2NCCc1ncno1. The summed E-state index contributed by atoms with van der Waals surface area (Å²) >= 11 is 5.99. The molecule has 1 aliphatic rings. The van der Waals surface area contributed by atoms with Gasteiger partial charge in [-0.25, -0.2) is 0 Å². The van der Waals surface area contributed by atoms with Crippen molar-refractivity contribution in [3.05, 3.63) is 46.6 Å². The van der Waals surface area contributed by atoms with Crippen LogP contribution in [0.25, 0.3) is 0 Å². The van der Waals surface area contributed by atoms with Crippen molar-refractivity contribution in [3.63, 3.8) is 0 Å². The van der Waals surface area contributed by atoms with Crippen molar-refractivity contribution in [3.8, 4) is 0 Å². The van der Waals surface area contributed by atoms with Gasteiger partial charge in [-0.05, 0) is 36.1 Å².